The van der Waals surface area contributed by atoms with Gasteiger partial charge in [0.05, 0.1) is 7.11 Å². The van der Waals surface area contributed by atoms with Crippen molar-refractivity contribution < 1.29 is 27.4 Å². The summed E-state index contributed by atoms with van der Waals surface area (Å²) in [5.74, 6) is 0.150. The Kier molecular flexibility index (Phi) is 3.41. The van der Waals surface area contributed by atoms with Gasteiger partial charge in [-0.25, -0.2) is 0 Å². The first-order valence-electron chi connectivity index (χ1n) is 4.35. The van der Waals surface area contributed by atoms with Crippen molar-refractivity contribution in [2.45, 2.75) is 6.18 Å². The van der Waals surface area contributed by atoms with Gasteiger partial charge in [-0.1, -0.05) is 6.08 Å². The van der Waals surface area contributed by atoms with Gasteiger partial charge in [0.1, 0.15) is 13.6 Å². The van der Waals surface area contributed by atoms with E-state index in [9.17, 15) is 13.2 Å². The molecule has 1 aliphatic heterocycles. The summed E-state index contributed by atoms with van der Waals surface area (Å²) in [6.45, 7) is -0.857. The van der Waals surface area contributed by atoms with Gasteiger partial charge in [0.15, 0.2) is 6.61 Å². The summed E-state index contributed by atoms with van der Waals surface area (Å²) in [6, 6.07) is 0. The van der Waals surface area contributed by atoms with Crippen LogP contribution in [0.4, 0.5) is 13.2 Å². The van der Waals surface area contributed by atoms with Crippen molar-refractivity contribution in [3.8, 4) is 0 Å². The summed E-state index contributed by atoms with van der Waals surface area (Å²) < 4.78 is 40.4. The standard InChI is InChI=1S/C9H13F3NO2/c1-13(14-2)6-4-3-5-8(13)15-7-9(10,11)12/h3-5H,6-7H2,1-2H3/q+1. The molecule has 1 atom stereocenters. The Morgan fingerprint density at radius 1 is 1.47 bits per heavy atom. The molecular formula is C9H13F3NO2+. The zero-order valence-electron chi connectivity index (χ0n) is 8.54. The van der Waals surface area contributed by atoms with E-state index in [1.165, 1.54) is 13.2 Å². The largest absolute Gasteiger partial charge is 0.440 e. The Morgan fingerprint density at radius 2 is 2.13 bits per heavy atom. The van der Waals surface area contributed by atoms with Crippen LogP contribution in [0.1, 0.15) is 0 Å². The Hall–Kier alpha value is -1.01. The molecule has 0 radical (unpaired) electrons. The lowest BCUT2D eigenvalue weighted by atomic mass is 10.3. The van der Waals surface area contributed by atoms with Gasteiger partial charge in [0, 0.05) is 6.08 Å². The Morgan fingerprint density at radius 3 is 2.67 bits per heavy atom. The molecule has 1 rings (SSSR count). The Bertz CT molecular complexity index is 286. The summed E-state index contributed by atoms with van der Waals surface area (Å²) in [5, 5.41) is 0. The van der Waals surface area contributed by atoms with Crippen molar-refractivity contribution in [2.24, 2.45) is 0 Å². The number of ether oxygens (including phenoxy) is 1. The van der Waals surface area contributed by atoms with Crippen LogP contribution in [-0.2, 0) is 9.57 Å². The topological polar surface area (TPSA) is 18.5 Å². The molecule has 3 nitrogen and oxygen atoms in total. The van der Waals surface area contributed by atoms with Gasteiger partial charge >= 0.3 is 12.1 Å². The second-order valence-electron chi connectivity index (χ2n) is 3.30. The predicted octanol–water partition coefficient (Wildman–Crippen LogP) is 1.98. The smallest absolute Gasteiger partial charge is 0.422 e. The number of halogens is 3. The lowest BCUT2D eigenvalue weighted by molar-refractivity contribution is -1.06. The van der Waals surface area contributed by atoms with Crippen LogP contribution in [0.3, 0.4) is 0 Å². The molecule has 0 saturated carbocycles. The molecule has 86 valence electrons. The van der Waals surface area contributed by atoms with Gasteiger partial charge in [0.25, 0.3) is 0 Å². The number of allylic oxidation sites excluding steroid dienone is 2. The molecule has 0 aliphatic carbocycles. The van der Waals surface area contributed by atoms with E-state index in [4.69, 9.17) is 4.84 Å². The maximum Gasteiger partial charge on any atom is 0.422 e. The highest BCUT2D eigenvalue weighted by atomic mass is 19.4. The molecule has 0 aromatic carbocycles. The second kappa shape index (κ2) is 4.24. The average molecular weight is 224 g/mol. The maximum absolute atomic E-state index is 11.9. The predicted molar refractivity (Wildman–Crippen MR) is 47.3 cm³/mol. The molecule has 0 saturated heterocycles. The van der Waals surface area contributed by atoms with Gasteiger partial charge in [-0.05, 0) is 6.08 Å². The number of quaternary nitrogens is 1. The second-order valence-corrected chi connectivity index (χ2v) is 3.30. The first-order valence-corrected chi connectivity index (χ1v) is 4.35. The van der Waals surface area contributed by atoms with Crippen LogP contribution in [0.15, 0.2) is 24.1 Å². The molecule has 6 heteroatoms. The third kappa shape index (κ3) is 3.24. The van der Waals surface area contributed by atoms with Gasteiger partial charge in [-0.2, -0.15) is 18.0 Å². The molecule has 15 heavy (non-hydrogen) atoms. The fourth-order valence-corrected chi connectivity index (χ4v) is 1.16. The van der Waals surface area contributed by atoms with Crippen molar-refractivity contribution in [3.63, 3.8) is 0 Å². The Balaban J connectivity index is 2.66. The summed E-state index contributed by atoms with van der Waals surface area (Å²) in [7, 11) is 3.05. The minimum Gasteiger partial charge on any atom is -0.440 e. The van der Waals surface area contributed by atoms with E-state index < -0.39 is 12.8 Å². The lowest BCUT2D eigenvalue weighted by Gasteiger charge is -2.30. The molecule has 1 aliphatic rings. The van der Waals surface area contributed by atoms with E-state index in [2.05, 4.69) is 4.74 Å². The molecule has 0 N–H and O–H groups in total. The molecule has 0 bridgehead atoms. The van der Waals surface area contributed by atoms with E-state index in [0.29, 0.717) is 6.54 Å². The van der Waals surface area contributed by atoms with Gasteiger partial charge in [-0.3, -0.25) is 0 Å². The minimum atomic E-state index is -4.33. The zero-order valence-corrected chi connectivity index (χ0v) is 8.54. The van der Waals surface area contributed by atoms with Crippen molar-refractivity contribution in [2.75, 3.05) is 27.3 Å². The third-order valence-corrected chi connectivity index (χ3v) is 2.08. The van der Waals surface area contributed by atoms with Crippen LogP contribution in [0, 0.1) is 0 Å². The Labute approximate surface area is 85.9 Å². The van der Waals surface area contributed by atoms with E-state index in [-0.39, 0.29) is 10.5 Å². The van der Waals surface area contributed by atoms with Crippen molar-refractivity contribution >= 4 is 0 Å². The van der Waals surface area contributed by atoms with Crippen LogP contribution in [0.2, 0.25) is 0 Å². The van der Waals surface area contributed by atoms with Crippen LogP contribution in [0.25, 0.3) is 0 Å². The normalized spacial score (nSPS) is 26.3. The fourth-order valence-electron chi connectivity index (χ4n) is 1.16. The molecule has 1 heterocycles. The highest BCUT2D eigenvalue weighted by molar-refractivity contribution is 5.07. The average Bonchev–Trinajstić information content (AvgIpc) is 2.15. The molecule has 0 spiro atoms. The van der Waals surface area contributed by atoms with Crippen molar-refractivity contribution in [1.82, 2.24) is 0 Å². The third-order valence-electron chi connectivity index (χ3n) is 2.08. The van der Waals surface area contributed by atoms with Crippen LogP contribution in [-0.4, -0.2) is 38.1 Å². The number of hydrogen-bond donors (Lipinski definition) is 0. The minimum absolute atomic E-state index is 0.118. The van der Waals surface area contributed by atoms with Gasteiger partial charge in [-0.15, -0.1) is 4.65 Å². The van der Waals surface area contributed by atoms with Crippen molar-refractivity contribution in [3.05, 3.63) is 24.1 Å². The van der Waals surface area contributed by atoms with Gasteiger partial charge < -0.3 is 4.74 Å². The number of hydrogen-bond acceptors (Lipinski definition) is 2. The van der Waals surface area contributed by atoms with Crippen LogP contribution in [0.5, 0.6) is 0 Å². The first kappa shape index (κ1) is 12.1. The van der Waals surface area contributed by atoms with Gasteiger partial charge in [0.2, 0.25) is 0 Å². The highest BCUT2D eigenvalue weighted by Gasteiger charge is 2.36. The molecule has 1 unspecified atom stereocenters. The molecule has 0 fully saturated rings. The van der Waals surface area contributed by atoms with E-state index in [0.717, 1.165) is 0 Å². The van der Waals surface area contributed by atoms with E-state index >= 15 is 0 Å². The summed E-state index contributed by atoms with van der Waals surface area (Å²) in [6.07, 6.45) is 0.577. The maximum atomic E-state index is 11.9. The number of hydroxylamine groups is 3. The quantitative estimate of drug-likeness (QED) is 0.682. The molecule has 0 amide bonds. The fraction of sp³-hybridized carbons (Fsp3) is 0.556. The monoisotopic (exact) mass is 224 g/mol. The summed E-state index contributed by atoms with van der Waals surface area (Å²) >= 11 is 0. The first-order chi connectivity index (χ1) is 6.87. The number of nitrogens with zero attached hydrogens (tertiary/aromatic N) is 1. The zero-order chi connectivity index (χ0) is 11.5. The van der Waals surface area contributed by atoms with E-state index in [1.807, 2.05) is 0 Å². The van der Waals surface area contributed by atoms with E-state index in [1.54, 1.807) is 19.2 Å². The lowest BCUT2D eigenvalue weighted by Crippen LogP contribution is -2.44. The van der Waals surface area contributed by atoms with Crippen LogP contribution < -0.4 is 0 Å². The SMILES string of the molecule is CO[N+]1(C)CC=CC=C1OCC(F)(F)F. The summed E-state index contributed by atoms with van der Waals surface area (Å²) in [5.41, 5.74) is 0. The highest BCUT2D eigenvalue weighted by Crippen LogP contribution is 2.23. The molecule has 0 aromatic heterocycles. The molecule has 0 aromatic rings. The molecular weight excluding hydrogens is 211 g/mol. The number of likely N-dealkylation sites (N-methyl/N-ethyl adjacent to an activating group) is 1. The number of alkyl halides is 3. The number of rotatable bonds is 3. The van der Waals surface area contributed by atoms with Crippen molar-refractivity contribution in [1.29, 1.82) is 0 Å². The van der Waals surface area contributed by atoms with Crippen LogP contribution >= 0.6 is 0 Å². The summed E-state index contributed by atoms with van der Waals surface area (Å²) in [4.78, 5) is 5.08.